The van der Waals surface area contributed by atoms with E-state index in [1.807, 2.05) is 49.2 Å². The summed E-state index contributed by atoms with van der Waals surface area (Å²) in [5, 5.41) is 3.13. The van der Waals surface area contributed by atoms with E-state index in [1.165, 1.54) is 12.1 Å². The molecule has 8 heteroatoms. The fourth-order valence-electron chi connectivity index (χ4n) is 3.43. The number of nitrogens with zero attached hydrogens (tertiary/aromatic N) is 2. The maximum atomic E-state index is 13.2. The van der Waals surface area contributed by atoms with E-state index in [2.05, 4.69) is 5.32 Å². The van der Waals surface area contributed by atoms with Crippen LogP contribution in [0.15, 0.2) is 42.5 Å². The number of carbonyl (C=O) groups excluding carboxylic acids is 2. The lowest BCUT2D eigenvalue weighted by Gasteiger charge is -2.25. The van der Waals surface area contributed by atoms with Crippen LogP contribution in [-0.2, 0) is 11.3 Å². The van der Waals surface area contributed by atoms with E-state index in [1.54, 1.807) is 4.90 Å². The SMILES string of the molecule is CCOc1cc(N)c(Cl)cc1C(=O)NC1CN(C)CCN(Cc2ccccc2)C1=O. The van der Waals surface area contributed by atoms with Crippen LogP contribution in [0.1, 0.15) is 22.8 Å². The van der Waals surface area contributed by atoms with E-state index in [9.17, 15) is 9.59 Å². The number of hydrogen-bond acceptors (Lipinski definition) is 5. The lowest BCUT2D eigenvalue weighted by molar-refractivity contribution is -0.132. The lowest BCUT2D eigenvalue weighted by atomic mass is 10.1. The summed E-state index contributed by atoms with van der Waals surface area (Å²) in [6, 6.07) is 12.1. The monoisotopic (exact) mass is 430 g/mol. The van der Waals surface area contributed by atoms with Crippen LogP contribution in [-0.4, -0.2) is 60.9 Å². The second kappa shape index (κ2) is 9.82. The molecule has 0 spiro atoms. The summed E-state index contributed by atoms with van der Waals surface area (Å²) in [6.45, 7) is 4.42. The molecule has 2 amide bonds. The van der Waals surface area contributed by atoms with Gasteiger partial charge in [-0.2, -0.15) is 0 Å². The second-order valence-electron chi connectivity index (χ2n) is 7.34. The molecule has 1 heterocycles. The van der Waals surface area contributed by atoms with Crippen molar-refractivity contribution < 1.29 is 14.3 Å². The van der Waals surface area contributed by atoms with Gasteiger partial charge in [0.05, 0.1) is 22.9 Å². The van der Waals surface area contributed by atoms with Crippen molar-refractivity contribution in [3.8, 4) is 5.75 Å². The topological polar surface area (TPSA) is 87.9 Å². The number of nitrogens with one attached hydrogen (secondary N) is 1. The summed E-state index contributed by atoms with van der Waals surface area (Å²) < 4.78 is 5.55. The quantitative estimate of drug-likeness (QED) is 0.687. The highest BCUT2D eigenvalue weighted by Gasteiger charge is 2.31. The van der Waals surface area contributed by atoms with Crippen molar-refractivity contribution >= 4 is 29.1 Å². The van der Waals surface area contributed by atoms with Crippen molar-refractivity contribution in [1.82, 2.24) is 15.1 Å². The Labute approximate surface area is 181 Å². The van der Waals surface area contributed by atoms with Gasteiger partial charge in [0.1, 0.15) is 11.8 Å². The first-order valence-electron chi connectivity index (χ1n) is 9.93. The van der Waals surface area contributed by atoms with Crippen molar-refractivity contribution in [1.29, 1.82) is 0 Å². The highest BCUT2D eigenvalue weighted by atomic mass is 35.5. The van der Waals surface area contributed by atoms with Crippen LogP contribution in [0.25, 0.3) is 0 Å². The third-order valence-corrected chi connectivity index (χ3v) is 5.35. The summed E-state index contributed by atoms with van der Waals surface area (Å²) in [5.41, 5.74) is 7.48. The maximum absolute atomic E-state index is 13.2. The fourth-order valence-corrected chi connectivity index (χ4v) is 3.59. The molecule has 7 nitrogen and oxygen atoms in total. The number of halogens is 1. The number of nitrogen functional groups attached to an aromatic ring is 1. The van der Waals surface area contributed by atoms with Gasteiger partial charge in [-0.05, 0) is 25.6 Å². The normalized spacial score (nSPS) is 17.5. The van der Waals surface area contributed by atoms with Gasteiger partial charge in [0, 0.05) is 32.2 Å². The van der Waals surface area contributed by atoms with E-state index in [4.69, 9.17) is 22.1 Å². The molecule has 0 bridgehead atoms. The number of rotatable bonds is 6. The first-order chi connectivity index (χ1) is 14.4. The molecule has 0 aromatic heterocycles. The molecule has 3 rings (SSSR count). The zero-order valence-corrected chi connectivity index (χ0v) is 18.0. The fraction of sp³-hybridized carbons (Fsp3) is 0.364. The first kappa shape index (κ1) is 21.9. The number of hydrogen-bond donors (Lipinski definition) is 2. The minimum Gasteiger partial charge on any atom is -0.493 e. The van der Waals surface area contributed by atoms with Crippen molar-refractivity contribution in [3.05, 3.63) is 58.6 Å². The predicted octanol–water partition coefficient (Wildman–Crippen LogP) is 2.39. The molecule has 2 aromatic rings. The summed E-state index contributed by atoms with van der Waals surface area (Å²) in [7, 11) is 1.93. The molecule has 0 aliphatic carbocycles. The Kier molecular flexibility index (Phi) is 7.18. The van der Waals surface area contributed by atoms with Crippen LogP contribution in [0.2, 0.25) is 5.02 Å². The van der Waals surface area contributed by atoms with E-state index >= 15 is 0 Å². The zero-order valence-electron chi connectivity index (χ0n) is 17.2. The Hall–Kier alpha value is -2.77. The van der Waals surface area contributed by atoms with E-state index in [-0.39, 0.29) is 16.5 Å². The number of benzene rings is 2. The lowest BCUT2D eigenvalue weighted by Crippen LogP contribution is -2.50. The number of nitrogens with two attached hydrogens (primary N) is 1. The Morgan fingerprint density at radius 2 is 2.00 bits per heavy atom. The molecular weight excluding hydrogens is 404 g/mol. The van der Waals surface area contributed by atoms with Crippen molar-refractivity contribution in [3.63, 3.8) is 0 Å². The molecule has 30 heavy (non-hydrogen) atoms. The van der Waals surface area contributed by atoms with Gasteiger partial charge >= 0.3 is 0 Å². The van der Waals surface area contributed by atoms with Crippen molar-refractivity contribution in [2.75, 3.05) is 39.0 Å². The number of ether oxygens (including phenoxy) is 1. The first-order valence-corrected chi connectivity index (χ1v) is 10.3. The van der Waals surface area contributed by atoms with E-state index in [0.717, 1.165) is 12.1 Å². The summed E-state index contributed by atoms with van der Waals surface area (Å²) in [4.78, 5) is 30.0. The molecule has 160 valence electrons. The molecule has 1 unspecified atom stereocenters. The van der Waals surface area contributed by atoms with Crippen LogP contribution < -0.4 is 15.8 Å². The van der Waals surface area contributed by atoms with E-state index in [0.29, 0.717) is 37.7 Å². The minimum absolute atomic E-state index is 0.115. The summed E-state index contributed by atoms with van der Waals surface area (Å²) in [5.74, 6) is -0.197. The van der Waals surface area contributed by atoms with Gasteiger partial charge in [0.2, 0.25) is 5.91 Å². The van der Waals surface area contributed by atoms with Crippen LogP contribution >= 0.6 is 11.6 Å². The molecule has 1 atom stereocenters. The molecule has 1 aliphatic rings. The second-order valence-corrected chi connectivity index (χ2v) is 7.74. The molecule has 2 aromatic carbocycles. The third kappa shape index (κ3) is 5.23. The van der Waals surface area contributed by atoms with Gasteiger partial charge in [0.15, 0.2) is 0 Å². The number of carbonyl (C=O) groups is 2. The molecule has 0 radical (unpaired) electrons. The third-order valence-electron chi connectivity index (χ3n) is 5.02. The van der Waals surface area contributed by atoms with Gasteiger partial charge in [-0.15, -0.1) is 0 Å². The van der Waals surface area contributed by atoms with E-state index < -0.39 is 11.9 Å². The van der Waals surface area contributed by atoms with Gasteiger partial charge in [-0.1, -0.05) is 41.9 Å². The Bertz CT molecular complexity index is 907. The smallest absolute Gasteiger partial charge is 0.255 e. The van der Waals surface area contributed by atoms with Gasteiger partial charge < -0.3 is 25.6 Å². The molecule has 3 N–H and O–H groups in total. The molecule has 1 saturated heterocycles. The summed E-state index contributed by atoms with van der Waals surface area (Å²) in [6.07, 6.45) is 0. The van der Waals surface area contributed by atoms with Crippen LogP contribution in [0.5, 0.6) is 5.75 Å². The maximum Gasteiger partial charge on any atom is 0.255 e. The predicted molar refractivity (Wildman–Crippen MR) is 118 cm³/mol. The van der Waals surface area contributed by atoms with Crippen LogP contribution in [0.4, 0.5) is 5.69 Å². The zero-order chi connectivity index (χ0) is 21.7. The highest BCUT2D eigenvalue weighted by molar-refractivity contribution is 6.33. The highest BCUT2D eigenvalue weighted by Crippen LogP contribution is 2.29. The molecular formula is C22H27ClN4O3. The van der Waals surface area contributed by atoms with Crippen LogP contribution in [0.3, 0.4) is 0 Å². The average Bonchev–Trinajstić information content (AvgIpc) is 2.85. The Morgan fingerprint density at radius 3 is 2.70 bits per heavy atom. The summed E-state index contributed by atoms with van der Waals surface area (Å²) >= 11 is 6.12. The van der Waals surface area contributed by atoms with Crippen molar-refractivity contribution in [2.24, 2.45) is 0 Å². The standard InChI is InChI=1S/C22H27ClN4O3/c1-3-30-20-12-18(24)17(23)11-16(20)21(28)25-19-14-26(2)9-10-27(22(19)29)13-15-7-5-4-6-8-15/h4-8,11-12,19H,3,9-10,13-14,24H2,1-2H3,(H,25,28). The van der Waals surface area contributed by atoms with Gasteiger partial charge in [-0.3, -0.25) is 9.59 Å². The van der Waals surface area contributed by atoms with Gasteiger partial charge in [-0.25, -0.2) is 0 Å². The Morgan fingerprint density at radius 1 is 1.27 bits per heavy atom. The number of amides is 2. The average molecular weight is 431 g/mol. The van der Waals surface area contributed by atoms with Crippen molar-refractivity contribution in [2.45, 2.75) is 19.5 Å². The Balaban J connectivity index is 1.80. The number of likely N-dealkylation sites (N-methyl/N-ethyl adjacent to an activating group) is 1. The molecule has 0 saturated carbocycles. The molecule has 1 aliphatic heterocycles. The van der Waals surface area contributed by atoms with Crippen LogP contribution in [0, 0.1) is 0 Å². The largest absolute Gasteiger partial charge is 0.493 e. The van der Waals surface area contributed by atoms with Gasteiger partial charge in [0.25, 0.3) is 5.91 Å². The minimum atomic E-state index is -0.681. The number of anilines is 1. The molecule has 1 fully saturated rings.